The smallest absolute Gasteiger partial charge is 0.345 e. The van der Waals surface area contributed by atoms with E-state index in [2.05, 4.69) is 21.0 Å². The van der Waals surface area contributed by atoms with Gasteiger partial charge in [-0.25, -0.2) is 9.59 Å². The molecule has 1 aromatic heterocycles. The van der Waals surface area contributed by atoms with Crippen molar-refractivity contribution in [1.82, 2.24) is 0 Å². The number of quaternary nitrogens is 1. The Kier molecular flexibility index (Phi) is 12.2. The molecule has 1 N–H and O–H groups in total. The van der Waals surface area contributed by atoms with Gasteiger partial charge in [-0.05, 0) is 67.8 Å². The summed E-state index contributed by atoms with van der Waals surface area (Å²) in [7, 11) is 3.10. The molecule has 12 heteroatoms. The molecule has 0 unspecified atom stereocenters. The zero-order chi connectivity index (χ0) is 35.9. The lowest BCUT2D eigenvalue weighted by atomic mass is 10.0. The largest absolute Gasteiger partial charge is 0.497 e. The molecule has 1 heterocycles. The number of pyridine rings is 1. The van der Waals surface area contributed by atoms with E-state index in [4.69, 9.17) is 18.9 Å². The molecule has 0 saturated carbocycles. The highest BCUT2D eigenvalue weighted by atomic mass is 32.2. The van der Waals surface area contributed by atoms with Gasteiger partial charge in [0.1, 0.15) is 17.2 Å². The van der Waals surface area contributed by atoms with Gasteiger partial charge in [0.2, 0.25) is 11.0 Å². The molecule has 0 bridgehead atoms. The van der Waals surface area contributed by atoms with Crippen molar-refractivity contribution in [3.05, 3.63) is 70.8 Å². The Labute approximate surface area is 288 Å². The number of ether oxygens (including phenoxy) is 4. The molecule has 264 valence electrons. The number of unbranched alkanes of at least 4 members (excludes halogenated alkanes) is 1. The van der Waals surface area contributed by atoms with Gasteiger partial charge in [0.15, 0.2) is 6.54 Å². The molecule has 49 heavy (non-hydrogen) atoms. The highest BCUT2D eigenvalue weighted by Crippen LogP contribution is 2.33. The van der Waals surface area contributed by atoms with E-state index in [1.165, 1.54) is 14.2 Å². The average Bonchev–Trinajstić information content (AvgIpc) is 3.05. The SMILES string of the molecule is CCCC[N+](C)(C)CCCOc1ccc2c(c1)c(C(=O)Oc1c(C)cc(C(=O)OC)cc1C)c1cc(OC)ccc1[n+]2CCCS(=O)(=O)O. The minimum absolute atomic E-state index is 0.138. The van der Waals surface area contributed by atoms with Crippen LogP contribution in [0, 0.1) is 13.8 Å². The van der Waals surface area contributed by atoms with Crippen LogP contribution in [0.2, 0.25) is 0 Å². The summed E-state index contributed by atoms with van der Waals surface area (Å²) in [5.74, 6) is -0.137. The van der Waals surface area contributed by atoms with Gasteiger partial charge in [-0.2, -0.15) is 13.0 Å². The van der Waals surface area contributed by atoms with Crippen molar-refractivity contribution in [2.45, 2.75) is 53.0 Å². The number of nitrogens with zero attached hydrogens (tertiary/aromatic N) is 2. The van der Waals surface area contributed by atoms with Gasteiger partial charge in [0.05, 0.1) is 75.7 Å². The highest BCUT2D eigenvalue weighted by molar-refractivity contribution is 7.85. The molecule has 4 aromatic rings. The predicted molar refractivity (Wildman–Crippen MR) is 188 cm³/mol. The number of rotatable bonds is 16. The molecule has 0 aliphatic rings. The third kappa shape index (κ3) is 9.46. The van der Waals surface area contributed by atoms with Gasteiger partial charge in [0.25, 0.3) is 10.1 Å². The molecular formula is C37H48N2O9S+2. The number of benzene rings is 3. The van der Waals surface area contributed by atoms with Gasteiger partial charge >= 0.3 is 11.9 Å². The molecule has 0 fully saturated rings. The van der Waals surface area contributed by atoms with Crippen LogP contribution < -0.4 is 18.8 Å². The van der Waals surface area contributed by atoms with Crippen LogP contribution in [0.15, 0.2) is 48.5 Å². The topological polar surface area (TPSA) is 129 Å². The van der Waals surface area contributed by atoms with E-state index in [1.807, 2.05) is 22.8 Å². The number of aryl methyl sites for hydroxylation is 3. The van der Waals surface area contributed by atoms with Gasteiger partial charge in [0, 0.05) is 25.0 Å². The fraction of sp³-hybridized carbons (Fsp3) is 0.432. The maximum Gasteiger partial charge on any atom is 0.345 e. The molecule has 0 amide bonds. The van der Waals surface area contributed by atoms with Crippen LogP contribution in [0.25, 0.3) is 21.8 Å². The van der Waals surface area contributed by atoms with Crippen LogP contribution in [-0.4, -0.2) is 83.2 Å². The number of esters is 2. The summed E-state index contributed by atoms with van der Waals surface area (Å²) in [6.45, 7) is 8.47. The monoisotopic (exact) mass is 696 g/mol. The molecular weight excluding hydrogens is 648 g/mol. The fourth-order valence-corrected chi connectivity index (χ4v) is 6.62. The molecule has 4 rings (SSSR count). The zero-order valence-corrected chi connectivity index (χ0v) is 30.3. The Morgan fingerprint density at radius 2 is 1.43 bits per heavy atom. The van der Waals surface area contributed by atoms with E-state index in [0.717, 1.165) is 36.8 Å². The second-order valence-electron chi connectivity index (χ2n) is 13.0. The van der Waals surface area contributed by atoms with Gasteiger partial charge < -0.3 is 23.4 Å². The molecule has 0 aliphatic heterocycles. The number of carbonyl (C=O) groups is 2. The second-order valence-corrected chi connectivity index (χ2v) is 14.6. The van der Waals surface area contributed by atoms with Gasteiger partial charge in [-0.3, -0.25) is 4.55 Å². The third-order valence-corrected chi connectivity index (χ3v) is 9.45. The van der Waals surface area contributed by atoms with Crippen molar-refractivity contribution in [3.8, 4) is 17.2 Å². The van der Waals surface area contributed by atoms with Crippen molar-refractivity contribution in [2.75, 3.05) is 53.8 Å². The Balaban J connectivity index is 1.83. The normalized spacial score (nSPS) is 11.9. The summed E-state index contributed by atoms with van der Waals surface area (Å²) in [6.07, 6.45) is 3.29. The fourth-order valence-electron chi connectivity index (χ4n) is 6.13. The second kappa shape index (κ2) is 16.0. The Morgan fingerprint density at radius 3 is 2.00 bits per heavy atom. The van der Waals surface area contributed by atoms with Crippen molar-refractivity contribution in [1.29, 1.82) is 0 Å². The van der Waals surface area contributed by atoms with Crippen LogP contribution in [0.1, 0.15) is 64.4 Å². The number of fused-ring (bicyclic) bond motifs is 2. The molecule has 0 spiro atoms. The third-order valence-electron chi connectivity index (χ3n) is 8.65. The molecule has 0 saturated heterocycles. The minimum Gasteiger partial charge on any atom is -0.497 e. The molecule has 3 aromatic carbocycles. The van der Waals surface area contributed by atoms with Crippen LogP contribution >= 0.6 is 0 Å². The van der Waals surface area contributed by atoms with E-state index in [1.54, 1.807) is 44.2 Å². The van der Waals surface area contributed by atoms with E-state index in [0.29, 0.717) is 62.4 Å². The highest BCUT2D eigenvalue weighted by Gasteiger charge is 2.28. The average molecular weight is 697 g/mol. The lowest BCUT2D eigenvalue weighted by Gasteiger charge is -2.29. The van der Waals surface area contributed by atoms with Crippen LogP contribution in [0.4, 0.5) is 0 Å². The first-order valence-electron chi connectivity index (χ1n) is 16.5. The van der Waals surface area contributed by atoms with Crippen LogP contribution in [0.3, 0.4) is 0 Å². The Morgan fingerprint density at radius 1 is 0.837 bits per heavy atom. The molecule has 11 nitrogen and oxygen atoms in total. The van der Waals surface area contributed by atoms with E-state index in [-0.39, 0.29) is 18.5 Å². The standard InChI is InChI=1S/C37H47N2O9S/c1-8-9-17-39(4,5)18-11-19-47-29-13-15-33-31(24-29)34(37(41)48-35-25(2)21-27(22-26(35)3)36(40)46-7)30-23-28(45-6)12-14-32(30)38(33)16-10-20-49(42,43)44/h12-15,21-24H,8-11,16-20H2,1-7H3/q+1/p+1. The molecule has 0 aliphatic carbocycles. The lowest BCUT2D eigenvalue weighted by Crippen LogP contribution is -2.41. The summed E-state index contributed by atoms with van der Waals surface area (Å²) in [5.41, 5.74) is 3.08. The lowest BCUT2D eigenvalue weighted by molar-refractivity contribution is -0.890. The first-order valence-corrected chi connectivity index (χ1v) is 18.1. The molecule has 0 atom stereocenters. The predicted octanol–water partition coefficient (Wildman–Crippen LogP) is 5.84. The number of carbonyl (C=O) groups excluding carboxylic acids is 2. The first-order chi connectivity index (χ1) is 23.2. The van der Waals surface area contributed by atoms with Crippen molar-refractivity contribution in [3.63, 3.8) is 0 Å². The summed E-state index contributed by atoms with van der Waals surface area (Å²) in [5, 5.41) is 1.06. The summed E-state index contributed by atoms with van der Waals surface area (Å²) in [6, 6.07) is 14.0. The van der Waals surface area contributed by atoms with Crippen LogP contribution in [-0.2, 0) is 21.4 Å². The maximum atomic E-state index is 14.3. The van der Waals surface area contributed by atoms with Crippen molar-refractivity contribution in [2.24, 2.45) is 0 Å². The number of aromatic nitrogens is 1. The summed E-state index contributed by atoms with van der Waals surface area (Å²) < 4.78 is 58.2. The zero-order valence-electron chi connectivity index (χ0n) is 29.5. The van der Waals surface area contributed by atoms with Crippen molar-refractivity contribution >= 4 is 43.9 Å². The summed E-state index contributed by atoms with van der Waals surface area (Å²) >= 11 is 0. The minimum atomic E-state index is -4.18. The number of hydrogen-bond donors (Lipinski definition) is 1. The Bertz CT molecular complexity index is 1930. The van der Waals surface area contributed by atoms with E-state index >= 15 is 0 Å². The van der Waals surface area contributed by atoms with Crippen LogP contribution in [0.5, 0.6) is 17.2 Å². The first kappa shape index (κ1) is 37.6. The number of hydrogen-bond acceptors (Lipinski definition) is 8. The quantitative estimate of drug-likeness (QED) is 0.0292. The maximum absolute atomic E-state index is 14.3. The van der Waals surface area contributed by atoms with E-state index < -0.39 is 27.8 Å². The Hall–Kier alpha value is -4.26. The van der Waals surface area contributed by atoms with Crippen molar-refractivity contribution < 1.29 is 50.6 Å². The summed E-state index contributed by atoms with van der Waals surface area (Å²) in [4.78, 5) is 26.5. The molecule has 0 radical (unpaired) electrons. The van der Waals surface area contributed by atoms with E-state index in [9.17, 15) is 22.6 Å². The number of methoxy groups -OCH3 is 2. The van der Waals surface area contributed by atoms with Gasteiger partial charge in [-0.1, -0.05) is 13.3 Å². The van der Waals surface area contributed by atoms with Gasteiger partial charge in [-0.15, -0.1) is 0 Å².